The van der Waals surface area contributed by atoms with Crippen molar-refractivity contribution in [2.75, 3.05) is 0 Å². The molecular weight excluding hydrogens is 240 g/mol. The van der Waals surface area contributed by atoms with Crippen LogP contribution in [0.2, 0.25) is 0 Å². The van der Waals surface area contributed by atoms with E-state index in [1.165, 1.54) is 0 Å². The molecule has 0 aromatic carbocycles. The van der Waals surface area contributed by atoms with Crippen LogP contribution in [0, 0.1) is 68.5 Å². The number of fused-ring (bicyclic) bond motifs is 3. The minimum Gasteiger partial charge on any atom is -0.0620 e. The Morgan fingerprint density at radius 1 is 0.800 bits per heavy atom. The largest absolute Gasteiger partial charge is 0.0620 e. The lowest BCUT2D eigenvalue weighted by atomic mass is 9.20. The van der Waals surface area contributed by atoms with Gasteiger partial charge in [0.25, 0.3) is 0 Å². The molecule has 0 heterocycles. The van der Waals surface area contributed by atoms with Gasteiger partial charge in [-0.2, -0.15) is 0 Å². The standard InChI is InChI=1S/C20H30/c1-9-10(2)19-8-13(9)11(3)16(5)14-15-18(16,7)17(6,12(19)4)20(14,15)19/h9-15H,8H2,1-7H3. The van der Waals surface area contributed by atoms with E-state index in [4.69, 9.17) is 0 Å². The van der Waals surface area contributed by atoms with Crippen molar-refractivity contribution in [2.45, 2.75) is 54.9 Å². The fourth-order valence-corrected chi connectivity index (χ4v) is 11.7. The molecule has 12 atom stereocenters. The van der Waals surface area contributed by atoms with E-state index in [9.17, 15) is 0 Å². The van der Waals surface area contributed by atoms with E-state index in [1.54, 1.807) is 6.42 Å². The number of hydrogen-bond acceptors (Lipinski definition) is 0. The summed E-state index contributed by atoms with van der Waals surface area (Å²) < 4.78 is 0. The van der Waals surface area contributed by atoms with Crippen molar-refractivity contribution in [1.29, 1.82) is 0 Å². The lowest BCUT2D eigenvalue weighted by molar-refractivity contribution is -0.375. The summed E-state index contributed by atoms with van der Waals surface area (Å²) in [5.41, 5.74) is 3.63. The summed E-state index contributed by atoms with van der Waals surface area (Å²) in [5, 5.41) is 0. The summed E-state index contributed by atoms with van der Waals surface area (Å²) in [6, 6.07) is 0. The second-order valence-corrected chi connectivity index (χ2v) is 10.6. The monoisotopic (exact) mass is 270 g/mol. The van der Waals surface area contributed by atoms with Crippen LogP contribution in [0.1, 0.15) is 54.9 Å². The van der Waals surface area contributed by atoms with Gasteiger partial charge in [-0.15, -0.1) is 0 Å². The molecule has 0 N–H and O–H groups in total. The topological polar surface area (TPSA) is 0 Å². The minimum absolute atomic E-state index is 0.679. The van der Waals surface area contributed by atoms with Crippen molar-refractivity contribution in [2.24, 2.45) is 68.5 Å². The third-order valence-corrected chi connectivity index (χ3v) is 12.4. The third kappa shape index (κ3) is 0.490. The molecule has 0 amide bonds. The summed E-state index contributed by atoms with van der Waals surface area (Å²) in [5.74, 6) is 7.18. The Labute approximate surface area is 124 Å². The third-order valence-electron chi connectivity index (χ3n) is 12.4. The second-order valence-electron chi connectivity index (χ2n) is 10.6. The van der Waals surface area contributed by atoms with Crippen LogP contribution in [0.4, 0.5) is 0 Å². The van der Waals surface area contributed by atoms with Gasteiger partial charge in [-0.1, -0.05) is 48.5 Å². The molecule has 0 heteroatoms. The van der Waals surface area contributed by atoms with E-state index >= 15 is 0 Å². The van der Waals surface area contributed by atoms with E-state index < -0.39 is 0 Å². The highest BCUT2D eigenvalue weighted by Gasteiger charge is 3.14. The molecule has 0 aliphatic heterocycles. The fraction of sp³-hybridized carbons (Fsp3) is 1.00. The molecule has 0 radical (unpaired) electrons. The molecule has 6 aliphatic carbocycles. The van der Waals surface area contributed by atoms with Gasteiger partial charge in [0.2, 0.25) is 0 Å². The Morgan fingerprint density at radius 3 is 2.10 bits per heavy atom. The van der Waals surface area contributed by atoms with Crippen molar-refractivity contribution < 1.29 is 0 Å². The minimum atomic E-state index is 0.679. The van der Waals surface area contributed by atoms with Crippen LogP contribution < -0.4 is 0 Å². The summed E-state index contributed by atoms with van der Waals surface area (Å²) in [4.78, 5) is 0. The molecule has 0 nitrogen and oxygen atoms in total. The molecule has 6 fully saturated rings. The maximum Gasteiger partial charge on any atom is -0.00996 e. The van der Waals surface area contributed by atoms with Crippen molar-refractivity contribution in [1.82, 2.24) is 0 Å². The molecule has 6 saturated carbocycles. The predicted molar refractivity (Wildman–Crippen MR) is 80.9 cm³/mol. The van der Waals surface area contributed by atoms with Gasteiger partial charge in [0.05, 0.1) is 0 Å². The maximum atomic E-state index is 2.72. The molecule has 0 aromatic rings. The molecule has 6 aliphatic rings. The summed E-state index contributed by atoms with van der Waals surface area (Å²) >= 11 is 0. The van der Waals surface area contributed by atoms with Gasteiger partial charge in [-0.3, -0.25) is 0 Å². The van der Waals surface area contributed by atoms with Crippen LogP contribution in [0.5, 0.6) is 0 Å². The van der Waals surface area contributed by atoms with E-state index in [1.807, 2.05) is 0 Å². The zero-order chi connectivity index (χ0) is 14.2. The lowest BCUT2D eigenvalue weighted by Crippen LogP contribution is -2.80. The SMILES string of the molecule is CC1C2CC3(C1C)C(C)C1(C)C4(C)C5C(C4(C)C2C)C531. The number of hydrogen-bond donors (Lipinski definition) is 0. The fourth-order valence-electron chi connectivity index (χ4n) is 11.7. The van der Waals surface area contributed by atoms with Gasteiger partial charge in [0, 0.05) is 0 Å². The van der Waals surface area contributed by atoms with Gasteiger partial charge >= 0.3 is 0 Å². The molecule has 12 unspecified atom stereocenters. The molecular formula is C20H30. The first-order valence-electron chi connectivity index (χ1n) is 9.21. The van der Waals surface area contributed by atoms with Crippen LogP contribution in [0.25, 0.3) is 0 Å². The molecule has 0 saturated heterocycles. The van der Waals surface area contributed by atoms with Crippen LogP contribution in [-0.4, -0.2) is 0 Å². The maximum absolute atomic E-state index is 2.72. The summed E-state index contributed by atoms with van der Waals surface area (Å²) in [7, 11) is 0. The molecule has 6 rings (SSSR count). The predicted octanol–water partition coefficient (Wildman–Crippen LogP) is 4.84. The Kier molecular flexibility index (Phi) is 1.31. The van der Waals surface area contributed by atoms with E-state index in [0.717, 1.165) is 52.3 Å². The van der Waals surface area contributed by atoms with E-state index in [2.05, 4.69) is 48.5 Å². The second kappa shape index (κ2) is 2.28. The molecule has 20 heavy (non-hydrogen) atoms. The first kappa shape index (κ1) is 11.6. The van der Waals surface area contributed by atoms with Gasteiger partial charge in [0.15, 0.2) is 0 Å². The van der Waals surface area contributed by atoms with Gasteiger partial charge in [0.1, 0.15) is 0 Å². The first-order valence-corrected chi connectivity index (χ1v) is 9.21. The van der Waals surface area contributed by atoms with E-state index in [-0.39, 0.29) is 0 Å². The highest BCUT2D eigenvalue weighted by molar-refractivity contribution is 5.60. The van der Waals surface area contributed by atoms with Crippen molar-refractivity contribution in [3.63, 3.8) is 0 Å². The van der Waals surface area contributed by atoms with Crippen molar-refractivity contribution in [3.05, 3.63) is 0 Å². The van der Waals surface area contributed by atoms with Gasteiger partial charge in [-0.05, 0) is 74.9 Å². The first-order chi connectivity index (χ1) is 9.21. The quantitative estimate of drug-likeness (QED) is 0.590. The van der Waals surface area contributed by atoms with E-state index in [0.29, 0.717) is 16.2 Å². The molecule has 110 valence electrons. The molecule has 2 spiro atoms. The average Bonchev–Trinajstić information content (AvgIpc) is 3.00. The summed E-state index contributed by atoms with van der Waals surface area (Å²) in [6.07, 6.45) is 1.59. The Bertz CT molecular complexity index is 589. The van der Waals surface area contributed by atoms with Crippen molar-refractivity contribution >= 4 is 0 Å². The van der Waals surface area contributed by atoms with Crippen LogP contribution >= 0.6 is 0 Å². The highest BCUT2D eigenvalue weighted by atomic mass is 15.2. The van der Waals surface area contributed by atoms with Crippen LogP contribution in [-0.2, 0) is 0 Å². The lowest BCUT2D eigenvalue weighted by Gasteiger charge is -2.84. The summed E-state index contributed by atoms with van der Waals surface area (Å²) in [6.45, 7) is 18.7. The molecule has 2 bridgehead atoms. The van der Waals surface area contributed by atoms with Gasteiger partial charge < -0.3 is 0 Å². The zero-order valence-corrected chi connectivity index (χ0v) is 14.2. The smallest absolute Gasteiger partial charge is 0.00996 e. The normalized spacial score (nSPS) is 88.0. The number of rotatable bonds is 0. The highest BCUT2D eigenvalue weighted by Crippen LogP contribution is 3.17. The Balaban J connectivity index is 1.71. The zero-order valence-electron chi connectivity index (χ0n) is 14.2. The average molecular weight is 270 g/mol. The molecule has 0 aromatic heterocycles. The van der Waals surface area contributed by atoms with Crippen LogP contribution in [0.3, 0.4) is 0 Å². The Morgan fingerprint density at radius 2 is 1.45 bits per heavy atom. The van der Waals surface area contributed by atoms with Crippen LogP contribution in [0.15, 0.2) is 0 Å². The van der Waals surface area contributed by atoms with Gasteiger partial charge in [-0.25, -0.2) is 0 Å². The van der Waals surface area contributed by atoms with Crippen molar-refractivity contribution in [3.8, 4) is 0 Å². The Hall–Kier alpha value is 0.